The number of carbonyl (C=O) groups is 2. The normalized spacial score (nSPS) is 17.0. The number of aryl methyl sites for hydroxylation is 2. The number of carbonyl (C=O) groups excluding carboxylic acids is 2. The van der Waals surface area contributed by atoms with E-state index in [9.17, 15) is 9.59 Å². The summed E-state index contributed by atoms with van der Waals surface area (Å²) in [5.41, 5.74) is 3.45. The lowest BCUT2D eigenvalue weighted by Gasteiger charge is -2.19. The Kier molecular flexibility index (Phi) is 5.02. The van der Waals surface area contributed by atoms with Crippen molar-refractivity contribution in [2.45, 2.75) is 20.3 Å². The van der Waals surface area contributed by atoms with E-state index >= 15 is 0 Å². The van der Waals surface area contributed by atoms with Crippen LogP contribution in [0.5, 0.6) is 0 Å². The van der Waals surface area contributed by atoms with E-state index < -0.39 is 5.92 Å². The molecule has 1 fully saturated rings. The average molecular weight is 377 g/mol. The number of rotatable bonds is 3. The van der Waals surface area contributed by atoms with Crippen molar-refractivity contribution in [2.75, 3.05) is 16.8 Å². The van der Waals surface area contributed by atoms with E-state index in [-0.39, 0.29) is 18.2 Å². The van der Waals surface area contributed by atoms with Crippen LogP contribution in [0.3, 0.4) is 0 Å². The van der Waals surface area contributed by atoms with Gasteiger partial charge in [-0.05, 0) is 49.2 Å². The number of anilines is 2. The highest BCUT2D eigenvalue weighted by Crippen LogP contribution is 2.31. The van der Waals surface area contributed by atoms with Gasteiger partial charge in [-0.1, -0.05) is 35.3 Å². The number of nitrogens with zero attached hydrogens (tertiary/aromatic N) is 1. The number of hydrogen-bond acceptors (Lipinski definition) is 2. The van der Waals surface area contributed by atoms with Crippen molar-refractivity contribution in [1.29, 1.82) is 0 Å². The van der Waals surface area contributed by atoms with E-state index in [4.69, 9.17) is 23.2 Å². The second-order valence-corrected chi connectivity index (χ2v) is 7.15. The molecule has 1 heterocycles. The molecular weight excluding hydrogens is 359 g/mol. The molecule has 4 nitrogen and oxygen atoms in total. The number of hydrogen-bond donors (Lipinski definition) is 1. The zero-order valence-corrected chi connectivity index (χ0v) is 15.5. The van der Waals surface area contributed by atoms with Gasteiger partial charge in [-0.2, -0.15) is 0 Å². The van der Waals surface area contributed by atoms with E-state index in [1.54, 1.807) is 23.1 Å². The monoisotopic (exact) mass is 376 g/mol. The van der Waals surface area contributed by atoms with E-state index in [0.717, 1.165) is 16.8 Å². The molecule has 0 spiro atoms. The Hall–Kier alpha value is -2.04. The van der Waals surface area contributed by atoms with Gasteiger partial charge < -0.3 is 10.2 Å². The highest BCUT2D eigenvalue weighted by atomic mass is 35.5. The van der Waals surface area contributed by atoms with Crippen LogP contribution in [0.2, 0.25) is 10.0 Å². The summed E-state index contributed by atoms with van der Waals surface area (Å²) >= 11 is 12.0. The fourth-order valence-corrected chi connectivity index (χ4v) is 3.41. The lowest BCUT2D eigenvalue weighted by molar-refractivity contribution is -0.122. The molecule has 0 unspecified atom stereocenters. The minimum absolute atomic E-state index is 0.0453. The SMILES string of the molecule is Cc1ccc(C)c(N2C[C@@H](C(=O)Nc3ccc(Cl)cc3Cl)CC2=O)c1. The molecule has 2 amide bonds. The summed E-state index contributed by atoms with van der Waals surface area (Å²) in [5, 5.41) is 3.66. The minimum atomic E-state index is -0.417. The number of nitrogens with one attached hydrogen (secondary N) is 1. The number of benzene rings is 2. The fraction of sp³-hybridized carbons (Fsp3) is 0.263. The van der Waals surface area contributed by atoms with Gasteiger partial charge in [0.25, 0.3) is 0 Å². The van der Waals surface area contributed by atoms with Gasteiger partial charge in [0.15, 0.2) is 0 Å². The van der Waals surface area contributed by atoms with Crippen LogP contribution in [0.1, 0.15) is 17.5 Å². The van der Waals surface area contributed by atoms with Crippen molar-refractivity contribution in [1.82, 2.24) is 0 Å². The average Bonchev–Trinajstić information content (AvgIpc) is 2.94. The third-order valence-corrected chi connectivity index (χ3v) is 4.89. The molecular formula is C19H18Cl2N2O2. The molecule has 2 aromatic rings. The Morgan fingerprint density at radius 3 is 2.64 bits per heavy atom. The topological polar surface area (TPSA) is 49.4 Å². The molecule has 0 bridgehead atoms. The second kappa shape index (κ2) is 7.06. The van der Waals surface area contributed by atoms with Crippen molar-refractivity contribution in [3.8, 4) is 0 Å². The molecule has 0 radical (unpaired) electrons. The van der Waals surface area contributed by atoms with Gasteiger partial charge in [-0.15, -0.1) is 0 Å². The number of amides is 2. The number of halogens is 2. The van der Waals surface area contributed by atoms with Crippen LogP contribution < -0.4 is 10.2 Å². The van der Waals surface area contributed by atoms with Crippen LogP contribution in [0, 0.1) is 19.8 Å². The molecule has 0 saturated carbocycles. The van der Waals surface area contributed by atoms with Crippen molar-refractivity contribution in [3.63, 3.8) is 0 Å². The molecule has 6 heteroatoms. The second-order valence-electron chi connectivity index (χ2n) is 6.31. The van der Waals surface area contributed by atoms with Crippen molar-refractivity contribution in [2.24, 2.45) is 5.92 Å². The van der Waals surface area contributed by atoms with Gasteiger partial charge >= 0.3 is 0 Å². The Morgan fingerprint density at radius 2 is 1.92 bits per heavy atom. The third-order valence-electron chi connectivity index (χ3n) is 4.34. The quantitative estimate of drug-likeness (QED) is 0.850. The molecule has 130 valence electrons. The van der Waals surface area contributed by atoms with Gasteiger partial charge in [0.2, 0.25) is 11.8 Å². The molecule has 25 heavy (non-hydrogen) atoms. The lowest BCUT2D eigenvalue weighted by Crippen LogP contribution is -2.28. The first-order valence-corrected chi connectivity index (χ1v) is 8.74. The highest BCUT2D eigenvalue weighted by Gasteiger charge is 2.35. The Labute approximate surface area is 156 Å². The first-order chi connectivity index (χ1) is 11.8. The van der Waals surface area contributed by atoms with E-state index in [1.165, 1.54) is 0 Å². The maximum Gasteiger partial charge on any atom is 0.229 e. The zero-order chi connectivity index (χ0) is 18.1. The molecule has 0 aromatic heterocycles. The first-order valence-electron chi connectivity index (χ1n) is 7.98. The van der Waals surface area contributed by atoms with Crippen LogP contribution >= 0.6 is 23.2 Å². The van der Waals surface area contributed by atoms with Gasteiger partial charge in [-0.3, -0.25) is 9.59 Å². The minimum Gasteiger partial charge on any atom is -0.324 e. The van der Waals surface area contributed by atoms with Gasteiger partial charge in [0.05, 0.1) is 16.6 Å². The van der Waals surface area contributed by atoms with Crippen LogP contribution in [-0.2, 0) is 9.59 Å². The molecule has 1 saturated heterocycles. The Morgan fingerprint density at radius 1 is 1.16 bits per heavy atom. The molecule has 0 aliphatic carbocycles. The molecule has 1 atom stereocenters. The summed E-state index contributed by atoms with van der Waals surface area (Å²) in [5.74, 6) is -0.680. The van der Waals surface area contributed by atoms with Crippen LogP contribution in [0.4, 0.5) is 11.4 Å². The van der Waals surface area contributed by atoms with Crippen molar-refractivity contribution >= 4 is 46.4 Å². The standard InChI is InChI=1S/C19H18Cl2N2O2/c1-11-3-4-12(2)17(7-11)23-10-13(8-18(23)24)19(25)22-16-6-5-14(20)9-15(16)21/h3-7,9,13H,8,10H2,1-2H3,(H,22,25)/t13-/m0/s1. The Balaban J connectivity index is 1.75. The summed E-state index contributed by atoms with van der Waals surface area (Å²) in [7, 11) is 0. The zero-order valence-electron chi connectivity index (χ0n) is 14.0. The molecule has 2 aromatic carbocycles. The lowest BCUT2D eigenvalue weighted by atomic mass is 10.1. The van der Waals surface area contributed by atoms with Gasteiger partial charge in [-0.25, -0.2) is 0 Å². The van der Waals surface area contributed by atoms with Crippen LogP contribution in [-0.4, -0.2) is 18.4 Å². The maximum absolute atomic E-state index is 12.5. The van der Waals surface area contributed by atoms with Gasteiger partial charge in [0, 0.05) is 23.7 Å². The van der Waals surface area contributed by atoms with Crippen molar-refractivity contribution in [3.05, 3.63) is 57.6 Å². The molecule has 3 rings (SSSR count). The highest BCUT2D eigenvalue weighted by molar-refractivity contribution is 6.36. The van der Waals surface area contributed by atoms with Crippen LogP contribution in [0.15, 0.2) is 36.4 Å². The predicted octanol–water partition coefficient (Wildman–Crippen LogP) is 4.60. The van der Waals surface area contributed by atoms with Gasteiger partial charge in [0.1, 0.15) is 0 Å². The van der Waals surface area contributed by atoms with Crippen LogP contribution in [0.25, 0.3) is 0 Å². The van der Waals surface area contributed by atoms with E-state index in [0.29, 0.717) is 22.3 Å². The largest absolute Gasteiger partial charge is 0.324 e. The predicted molar refractivity (Wildman–Crippen MR) is 101 cm³/mol. The molecule has 1 aliphatic heterocycles. The van der Waals surface area contributed by atoms with Crippen molar-refractivity contribution < 1.29 is 9.59 Å². The third kappa shape index (κ3) is 3.80. The fourth-order valence-electron chi connectivity index (χ4n) is 2.95. The summed E-state index contributed by atoms with van der Waals surface area (Å²) < 4.78 is 0. The molecule has 1 aliphatic rings. The van der Waals surface area contributed by atoms with E-state index in [1.807, 2.05) is 32.0 Å². The summed E-state index contributed by atoms with van der Waals surface area (Å²) in [6.07, 6.45) is 0.185. The summed E-state index contributed by atoms with van der Waals surface area (Å²) in [4.78, 5) is 26.7. The summed E-state index contributed by atoms with van der Waals surface area (Å²) in [6, 6.07) is 10.8. The smallest absolute Gasteiger partial charge is 0.229 e. The summed E-state index contributed by atoms with van der Waals surface area (Å²) in [6.45, 7) is 4.30. The first kappa shape index (κ1) is 17.8. The maximum atomic E-state index is 12.5. The molecule has 1 N–H and O–H groups in total. The Bertz CT molecular complexity index is 851. The van der Waals surface area contributed by atoms with E-state index in [2.05, 4.69) is 5.32 Å².